The zero-order chi connectivity index (χ0) is 23.8. The summed E-state index contributed by atoms with van der Waals surface area (Å²) in [4.78, 5) is 12.7. The van der Waals surface area contributed by atoms with Crippen LogP contribution in [0.25, 0.3) is 11.3 Å². The summed E-state index contributed by atoms with van der Waals surface area (Å²) in [6.07, 6.45) is 0.330. The number of rotatable bonds is 5. The van der Waals surface area contributed by atoms with Gasteiger partial charge in [0, 0.05) is 18.5 Å². The molecule has 1 aromatic heterocycles. The molecule has 0 N–H and O–H groups in total. The predicted octanol–water partition coefficient (Wildman–Crippen LogP) is 3.05. The van der Waals surface area contributed by atoms with Gasteiger partial charge in [0.15, 0.2) is 0 Å². The van der Waals surface area contributed by atoms with E-state index in [9.17, 15) is 13.2 Å². The zero-order valence-corrected chi connectivity index (χ0v) is 20.0. The molecule has 1 aliphatic heterocycles. The van der Waals surface area contributed by atoms with Crippen LogP contribution in [-0.4, -0.2) is 53.4 Å². The van der Waals surface area contributed by atoms with Crippen molar-refractivity contribution in [1.82, 2.24) is 19.3 Å². The lowest BCUT2D eigenvalue weighted by Gasteiger charge is -2.33. The lowest BCUT2D eigenvalue weighted by molar-refractivity contribution is -0.146. The molecule has 1 atom stereocenters. The minimum absolute atomic E-state index is 0.102. The van der Waals surface area contributed by atoms with E-state index in [2.05, 4.69) is 10.3 Å². The average molecular weight is 469 g/mol. The highest BCUT2D eigenvalue weighted by atomic mass is 32.2. The molecule has 4 rings (SSSR count). The second kappa shape index (κ2) is 9.07. The standard InChI is InChI=1S/C24H28N4O4S/c1-16(2)22(24(29)32-4)28-14-13-20-23(19-7-5-6-8-21(19)33(28,30)31)27(26-25-20)15-18-11-9-17(3)10-12-18/h5-12,16,22H,13-15H2,1-4H3/t22-/m0/s1. The SMILES string of the molecule is COC(=O)[C@H](C(C)C)N1CCc2nnn(Cc3ccc(C)cc3)c2-c2ccccc2S1(=O)=O. The Morgan fingerprint density at radius 3 is 2.48 bits per heavy atom. The van der Waals surface area contributed by atoms with Gasteiger partial charge in [-0.2, -0.15) is 4.31 Å². The van der Waals surface area contributed by atoms with Crippen molar-refractivity contribution in [1.29, 1.82) is 0 Å². The van der Waals surface area contributed by atoms with E-state index in [4.69, 9.17) is 4.74 Å². The van der Waals surface area contributed by atoms with Crippen LogP contribution in [0.15, 0.2) is 53.4 Å². The van der Waals surface area contributed by atoms with Gasteiger partial charge in [-0.25, -0.2) is 13.1 Å². The number of nitrogens with zero attached hydrogens (tertiary/aromatic N) is 4. The summed E-state index contributed by atoms with van der Waals surface area (Å²) in [5.74, 6) is -0.842. The highest BCUT2D eigenvalue weighted by Gasteiger charge is 2.41. The number of esters is 1. The van der Waals surface area contributed by atoms with E-state index < -0.39 is 22.0 Å². The van der Waals surface area contributed by atoms with Crippen molar-refractivity contribution in [2.75, 3.05) is 13.7 Å². The van der Waals surface area contributed by atoms with Gasteiger partial charge in [-0.3, -0.25) is 4.79 Å². The van der Waals surface area contributed by atoms with Crippen molar-refractivity contribution in [3.63, 3.8) is 0 Å². The maximum Gasteiger partial charge on any atom is 0.324 e. The third-order valence-electron chi connectivity index (χ3n) is 5.94. The molecule has 2 heterocycles. The van der Waals surface area contributed by atoms with Crippen LogP contribution in [0, 0.1) is 12.8 Å². The Kier molecular flexibility index (Phi) is 6.36. The summed E-state index contributed by atoms with van der Waals surface area (Å²) in [5.41, 5.74) is 4.12. The number of sulfonamides is 1. The minimum Gasteiger partial charge on any atom is -0.468 e. The van der Waals surface area contributed by atoms with Gasteiger partial charge in [0.2, 0.25) is 10.0 Å². The number of carbonyl (C=O) groups excluding carboxylic acids is 1. The zero-order valence-electron chi connectivity index (χ0n) is 19.2. The van der Waals surface area contributed by atoms with Gasteiger partial charge in [-0.05, 0) is 24.5 Å². The summed E-state index contributed by atoms with van der Waals surface area (Å²) in [5, 5.41) is 8.76. The number of benzene rings is 2. The maximum absolute atomic E-state index is 13.9. The smallest absolute Gasteiger partial charge is 0.324 e. The van der Waals surface area contributed by atoms with Crippen LogP contribution in [0.4, 0.5) is 0 Å². The van der Waals surface area contributed by atoms with Crippen molar-refractivity contribution < 1.29 is 17.9 Å². The monoisotopic (exact) mass is 468 g/mol. The lowest BCUT2D eigenvalue weighted by Crippen LogP contribution is -2.49. The largest absolute Gasteiger partial charge is 0.468 e. The van der Waals surface area contributed by atoms with Crippen LogP contribution in [0.1, 0.15) is 30.7 Å². The summed E-state index contributed by atoms with van der Waals surface area (Å²) in [6, 6.07) is 14.0. The summed E-state index contributed by atoms with van der Waals surface area (Å²) in [7, 11) is -2.72. The van der Waals surface area contributed by atoms with Crippen LogP contribution in [-0.2, 0) is 32.5 Å². The van der Waals surface area contributed by atoms with Gasteiger partial charge in [0.1, 0.15) is 6.04 Å². The van der Waals surface area contributed by atoms with Gasteiger partial charge < -0.3 is 4.74 Å². The lowest BCUT2D eigenvalue weighted by atomic mass is 10.0. The first-order valence-corrected chi connectivity index (χ1v) is 12.3. The molecule has 0 bridgehead atoms. The van der Waals surface area contributed by atoms with E-state index in [0.717, 1.165) is 11.1 Å². The molecule has 0 aliphatic carbocycles. The van der Waals surface area contributed by atoms with E-state index >= 15 is 0 Å². The fraction of sp³-hybridized carbons (Fsp3) is 0.375. The number of methoxy groups -OCH3 is 1. The molecule has 0 amide bonds. The molecule has 0 radical (unpaired) electrons. The van der Waals surface area contributed by atoms with Crippen molar-refractivity contribution in [2.45, 2.75) is 44.7 Å². The Balaban J connectivity index is 1.84. The fourth-order valence-corrected chi connectivity index (χ4v) is 6.18. The fourth-order valence-electron chi connectivity index (χ4n) is 4.27. The van der Waals surface area contributed by atoms with Crippen LogP contribution in [0.2, 0.25) is 0 Å². The first-order valence-electron chi connectivity index (χ1n) is 10.9. The molecule has 9 heteroatoms. The van der Waals surface area contributed by atoms with Gasteiger partial charge in [0.25, 0.3) is 0 Å². The average Bonchev–Trinajstić information content (AvgIpc) is 3.18. The van der Waals surface area contributed by atoms with E-state index in [1.165, 1.54) is 11.4 Å². The molecule has 1 aliphatic rings. The van der Waals surface area contributed by atoms with Gasteiger partial charge in [-0.15, -0.1) is 5.10 Å². The Labute approximate surface area is 194 Å². The number of aromatic nitrogens is 3. The number of hydrogen-bond donors (Lipinski definition) is 0. The Hall–Kier alpha value is -3.04. The molecule has 0 saturated carbocycles. The minimum atomic E-state index is -3.99. The molecule has 0 fully saturated rings. The third-order valence-corrected chi connectivity index (χ3v) is 7.88. The highest BCUT2D eigenvalue weighted by Crippen LogP contribution is 2.35. The molecule has 33 heavy (non-hydrogen) atoms. The molecule has 2 aromatic carbocycles. The van der Waals surface area contributed by atoms with Crippen LogP contribution >= 0.6 is 0 Å². The van der Waals surface area contributed by atoms with E-state index in [-0.39, 0.29) is 17.4 Å². The topological polar surface area (TPSA) is 94.4 Å². The maximum atomic E-state index is 13.9. The summed E-state index contributed by atoms with van der Waals surface area (Å²) in [6.45, 7) is 6.22. The molecular formula is C24H28N4O4S. The summed E-state index contributed by atoms with van der Waals surface area (Å²) >= 11 is 0. The van der Waals surface area contributed by atoms with E-state index in [1.54, 1.807) is 28.9 Å². The normalized spacial score (nSPS) is 16.4. The first kappa shape index (κ1) is 23.1. The third kappa shape index (κ3) is 4.30. The second-order valence-electron chi connectivity index (χ2n) is 8.60. The first-order chi connectivity index (χ1) is 15.7. The predicted molar refractivity (Wildman–Crippen MR) is 124 cm³/mol. The van der Waals surface area contributed by atoms with Crippen LogP contribution in [0.3, 0.4) is 0 Å². The second-order valence-corrected chi connectivity index (χ2v) is 10.5. The molecular weight excluding hydrogens is 440 g/mol. The van der Waals surface area contributed by atoms with Gasteiger partial charge in [0.05, 0.1) is 29.9 Å². The number of carbonyl (C=O) groups is 1. The molecule has 8 nitrogen and oxygen atoms in total. The Morgan fingerprint density at radius 1 is 1.12 bits per heavy atom. The van der Waals surface area contributed by atoms with E-state index in [1.807, 2.05) is 45.0 Å². The van der Waals surface area contributed by atoms with Crippen molar-refractivity contribution in [2.24, 2.45) is 5.92 Å². The Morgan fingerprint density at radius 2 is 1.82 bits per heavy atom. The molecule has 0 spiro atoms. The quantitative estimate of drug-likeness (QED) is 0.534. The number of aryl methyl sites for hydroxylation is 1. The van der Waals surface area contributed by atoms with Crippen molar-refractivity contribution >= 4 is 16.0 Å². The molecule has 0 unspecified atom stereocenters. The highest BCUT2D eigenvalue weighted by molar-refractivity contribution is 7.89. The van der Waals surface area contributed by atoms with Crippen molar-refractivity contribution in [3.8, 4) is 11.3 Å². The molecule has 0 saturated heterocycles. The van der Waals surface area contributed by atoms with Gasteiger partial charge >= 0.3 is 5.97 Å². The van der Waals surface area contributed by atoms with Crippen molar-refractivity contribution in [3.05, 3.63) is 65.4 Å². The number of fused-ring (bicyclic) bond motifs is 3. The van der Waals surface area contributed by atoms with Crippen LogP contribution < -0.4 is 0 Å². The number of hydrogen-bond acceptors (Lipinski definition) is 6. The number of ether oxygens (including phenoxy) is 1. The van der Waals surface area contributed by atoms with Crippen LogP contribution in [0.5, 0.6) is 0 Å². The molecule has 174 valence electrons. The summed E-state index contributed by atoms with van der Waals surface area (Å²) < 4.78 is 35.7. The molecule has 3 aromatic rings. The van der Waals surface area contributed by atoms with Gasteiger partial charge in [-0.1, -0.05) is 67.1 Å². The Bertz CT molecular complexity index is 1270. The van der Waals surface area contributed by atoms with E-state index in [0.29, 0.717) is 29.9 Å².